The lowest BCUT2D eigenvalue weighted by molar-refractivity contribution is 0.0997. The van der Waals surface area contributed by atoms with Crippen LogP contribution in [0, 0.1) is 6.92 Å². The maximum Gasteiger partial charge on any atom is 0.266 e. The second kappa shape index (κ2) is 6.10. The van der Waals surface area contributed by atoms with Crippen LogP contribution in [0.1, 0.15) is 16.1 Å². The molecule has 0 saturated carbocycles. The largest absolute Gasteiger partial charge is 0.364 e. The third-order valence-electron chi connectivity index (χ3n) is 3.96. The molecule has 1 unspecified atom stereocenters. The molecule has 1 amide bonds. The predicted octanol–water partition coefficient (Wildman–Crippen LogP) is 3.10. The highest BCUT2D eigenvalue weighted by atomic mass is 35.5. The minimum Gasteiger partial charge on any atom is -0.364 e. The smallest absolute Gasteiger partial charge is 0.266 e. The van der Waals surface area contributed by atoms with Gasteiger partial charge in [-0.1, -0.05) is 29.8 Å². The number of carbonyl (C=O) groups is 1. The summed E-state index contributed by atoms with van der Waals surface area (Å²) in [5.41, 5.74) is 6.99. The van der Waals surface area contributed by atoms with Gasteiger partial charge in [0.05, 0.1) is 5.30 Å². The molecule has 1 aromatic heterocycles. The van der Waals surface area contributed by atoms with Gasteiger partial charge < -0.3 is 15.2 Å². The molecule has 0 radical (unpaired) electrons. The first kappa shape index (κ1) is 16.8. The van der Waals surface area contributed by atoms with Crippen LogP contribution in [0.4, 0.5) is 0 Å². The Labute approximate surface area is 144 Å². The molecule has 0 saturated heterocycles. The summed E-state index contributed by atoms with van der Waals surface area (Å²) in [7, 11) is -2.18. The molecule has 7 heteroatoms. The molecule has 0 aliphatic rings. The number of amides is 1. The number of nitrogens with two attached hydrogens (primary N) is 1. The Bertz CT molecular complexity index is 997. The molecule has 0 bridgehead atoms. The molecule has 3 rings (SSSR count). The Morgan fingerprint density at radius 1 is 1.25 bits per heavy atom. The van der Waals surface area contributed by atoms with Crippen LogP contribution in [0.15, 0.2) is 42.5 Å². The summed E-state index contributed by atoms with van der Waals surface area (Å²) in [5.74, 6) is -0.705. The first-order chi connectivity index (χ1) is 11.4. The molecule has 0 aliphatic heterocycles. The second-order valence-electron chi connectivity index (χ2n) is 5.42. The van der Waals surface area contributed by atoms with E-state index >= 15 is 0 Å². The molecule has 5 nitrogen and oxygen atoms in total. The zero-order valence-electron chi connectivity index (χ0n) is 13.2. The maximum atomic E-state index is 13.8. The molecule has 3 aromatic rings. The number of nitrogens with one attached hydrogen (secondary N) is 1. The number of benzene rings is 2. The van der Waals surface area contributed by atoms with Gasteiger partial charge in [-0.2, -0.15) is 0 Å². The Kier molecular flexibility index (Phi) is 4.26. The van der Waals surface area contributed by atoms with Crippen LogP contribution < -0.4 is 16.3 Å². The molecule has 1 atom stereocenters. The second-order valence-corrected chi connectivity index (χ2v) is 8.26. The van der Waals surface area contributed by atoms with Crippen molar-refractivity contribution < 1.29 is 13.9 Å². The van der Waals surface area contributed by atoms with Crippen LogP contribution in [-0.2, 0) is 9.09 Å². The third kappa shape index (κ3) is 2.55. The van der Waals surface area contributed by atoms with Crippen molar-refractivity contribution in [1.82, 2.24) is 4.98 Å². The summed E-state index contributed by atoms with van der Waals surface area (Å²) in [4.78, 5) is 14.9. The predicted molar refractivity (Wildman–Crippen MR) is 96.9 cm³/mol. The van der Waals surface area contributed by atoms with Gasteiger partial charge in [0.2, 0.25) is 0 Å². The van der Waals surface area contributed by atoms with E-state index in [0.29, 0.717) is 21.2 Å². The molecule has 0 spiro atoms. The Morgan fingerprint density at radius 2 is 1.96 bits per heavy atom. The Balaban J connectivity index is 2.44. The van der Waals surface area contributed by atoms with E-state index in [1.807, 2.05) is 19.1 Å². The van der Waals surface area contributed by atoms with Gasteiger partial charge in [-0.25, -0.2) is 0 Å². The molecule has 24 heavy (non-hydrogen) atoms. The van der Waals surface area contributed by atoms with Crippen LogP contribution >= 0.6 is 19.0 Å². The van der Waals surface area contributed by atoms with E-state index in [0.717, 1.165) is 5.56 Å². The summed E-state index contributed by atoms with van der Waals surface area (Å²) in [6, 6.07) is 12.2. The van der Waals surface area contributed by atoms with Crippen LogP contribution in [0.5, 0.6) is 0 Å². The number of aromatic amines is 1. The number of carbonyl (C=O) groups excluding carboxylic acids is 1. The fourth-order valence-electron chi connectivity index (χ4n) is 2.84. The maximum absolute atomic E-state index is 13.8. The number of rotatable bonds is 4. The lowest BCUT2D eigenvalue weighted by atomic mass is 10.2. The first-order valence-electron chi connectivity index (χ1n) is 7.22. The number of H-pyrrole nitrogens is 1. The number of halogens is 1. The summed E-state index contributed by atoms with van der Waals surface area (Å²) < 4.78 is 19.3. The van der Waals surface area contributed by atoms with Crippen molar-refractivity contribution in [2.45, 2.75) is 6.92 Å². The van der Waals surface area contributed by atoms with Crippen molar-refractivity contribution in [3.8, 4) is 0 Å². The van der Waals surface area contributed by atoms with Gasteiger partial charge in [-0.15, -0.1) is 0 Å². The average molecular weight is 363 g/mol. The highest BCUT2D eigenvalue weighted by Crippen LogP contribution is 2.47. The fourth-order valence-corrected chi connectivity index (χ4v) is 5.41. The van der Waals surface area contributed by atoms with E-state index < -0.39 is 13.3 Å². The average Bonchev–Trinajstić information content (AvgIpc) is 2.94. The zero-order chi connectivity index (χ0) is 17.5. The zero-order valence-corrected chi connectivity index (χ0v) is 14.8. The van der Waals surface area contributed by atoms with E-state index in [2.05, 4.69) is 4.98 Å². The number of aryl methyl sites for hydroxylation is 1. The SMILES string of the molecule is COP(=O)(c1ccccc1C)c1c(C(N)=O)[nH]c2ccc(Cl)cc12. The number of hydrogen-bond acceptors (Lipinski definition) is 3. The lowest BCUT2D eigenvalue weighted by Crippen LogP contribution is -2.26. The minimum atomic E-state index is -3.54. The van der Waals surface area contributed by atoms with Gasteiger partial charge in [-0.3, -0.25) is 9.36 Å². The van der Waals surface area contributed by atoms with Crippen LogP contribution in [0.2, 0.25) is 5.02 Å². The van der Waals surface area contributed by atoms with Crippen molar-refractivity contribution in [2.75, 3.05) is 7.11 Å². The van der Waals surface area contributed by atoms with E-state index in [4.69, 9.17) is 21.9 Å². The van der Waals surface area contributed by atoms with E-state index in [1.54, 1.807) is 30.3 Å². The molecular formula is C17H16ClN2O3P. The number of primary amides is 1. The molecule has 1 heterocycles. The number of aromatic nitrogens is 1. The first-order valence-corrected chi connectivity index (χ1v) is 9.22. The van der Waals surface area contributed by atoms with Crippen molar-refractivity contribution in [2.24, 2.45) is 5.73 Å². The van der Waals surface area contributed by atoms with Crippen molar-refractivity contribution in [3.63, 3.8) is 0 Å². The summed E-state index contributed by atoms with van der Waals surface area (Å²) in [5, 5.41) is 1.80. The molecular weight excluding hydrogens is 347 g/mol. The van der Waals surface area contributed by atoms with Crippen LogP contribution in [-0.4, -0.2) is 18.0 Å². The number of hydrogen-bond donors (Lipinski definition) is 2. The molecule has 0 aliphatic carbocycles. The molecule has 0 fully saturated rings. The van der Waals surface area contributed by atoms with Crippen molar-refractivity contribution >= 4 is 46.4 Å². The third-order valence-corrected chi connectivity index (χ3v) is 6.90. The monoisotopic (exact) mass is 362 g/mol. The summed E-state index contributed by atoms with van der Waals surface area (Å²) in [6.45, 7) is 1.84. The van der Waals surface area contributed by atoms with Gasteiger partial charge in [0.15, 0.2) is 0 Å². The van der Waals surface area contributed by atoms with Crippen LogP contribution in [0.25, 0.3) is 10.9 Å². The summed E-state index contributed by atoms with van der Waals surface area (Å²) >= 11 is 6.09. The van der Waals surface area contributed by atoms with E-state index in [1.165, 1.54) is 7.11 Å². The normalized spacial score (nSPS) is 13.8. The summed E-state index contributed by atoms with van der Waals surface area (Å²) in [6.07, 6.45) is 0. The number of fused-ring (bicyclic) bond motifs is 1. The van der Waals surface area contributed by atoms with Gasteiger partial charge in [0, 0.05) is 28.3 Å². The van der Waals surface area contributed by atoms with Gasteiger partial charge in [-0.05, 0) is 36.8 Å². The van der Waals surface area contributed by atoms with Crippen molar-refractivity contribution in [3.05, 3.63) is 58.7 Å². The van der Waals surface area contributed by atoms with Gasteiger partial charge in [0.25, 0.3) is 13.3 Å². The molecule has 3 N–H and O–H groups in total. The molecule has 124 valence electrons. The standard InChI is InChI=1S/C17H16ClN2O3P/c1-10-5-3-4-6-14(10)24(22,23-2)16-12-9-11(18)7-8-13(12)20-15(16)17(19)21/h3-9,20H,1-2H3,(H2,19,21). The fraction of sp³-hybridized carbons (Fsp3) is 0.118. The van der Waals surface area contributed by atoms with Gasteiger partial charge in [0.1, 0.15) is 5.69 Å². The Hall–Kier alpha value is -2.07. The van der Waals surface area contributed by atoms with E-state index in [-0.39, 0.29) is 11.0 Å². The lowest BCUT2D eigenvalue weighted by Gasteiger charge is -2.19. The van der Waals surface area contributed by atoms with Crippen molar-refractivity contribution in [1.29, 1.82) is 0 Å². The highest BCUT2D eigenvalue weighted by Gasteiger charge is 2.36. The minimum absolute atomic E-state index is 0.0701. The van der Waals surface area contributed by atoms with E-state index in [9.17, 15) is 9.36 Å². The van der Waals surface area contributed by atoms with Crippen LogP contribution in [0.3, 0.4) is 0 Å². The topological polar surface area (TPSA) is 85.2 Å². The van der Waals surface area contributed by atoms with Gasteiger partial charge >= 0.3 is 0 Å². The quantitative estimate of drug-likeness (QED) is 0.699. The highest BCUT2D eigenvalue weighted by molar-refractivity contribution is 7.75. The molecule has 2 aromatic carbocycles. The Morgan fingerprint density at radius 3 is 2.58 bits per heavy atom.